The van der Waals surface area contributed by atoms with Crippen molar-refractivity contribution in [2.24, 2.45) is 0 Å². The molecule has 1 heterocycles. The van der Waals surface area contributed by atoms with Gasteiger partial charge in [-0.1, -0.05) is 18.2 Å². The Labute approximate surface area is 162 Å². The largest absolute Gasteiger partial charge is 0.454 e. The normalized spacial score (nSPS) is 14.2. The summed E-state index contributed by atoms with van der Waals surface area (Å²) in [6.07, 6.45) is -0.312. The second-order valence-electron chi connectivity index (χ2n) is 6.60. The summed E-state index contributed by atoms with van der Waals surface area (Å²) in [7, 11) is 0. The molecule has 0 saturated heterocycles. The maximum absolute atomic E-state index is 13.0. The van der Waals surface area contributed by atoms with E-state index in [-0.39, 0.29) is 25.1 Å². The number of carbonyl (C=O) groups is 2. The van der Waals surface area contributed by atoms with Crippen LogP contribution in [0.2, 0.25) is 0 Å². The molecule has 6 nitrogen and oxygen atoms in total. The molecule has 0 spiro atoms. The van der Waals surface area contributed by atoms with Gasteiger partial charge in [-0.05, 0) is 55.7 Å². The monoisotopic (exact) mass is 387 g/mol. The van der Waals surface area contributed by atoms with E-state index in [2.05, 4.69) is 5.32 Å². The third kappa shape index (κ3) is 5.00. The summed E-state index contributed by atoms with van der Waals surface area (Å²) in [4.78, 5) is 24.3. The van der Waals surface area contributed by atoms with Gasteiger partial charge in [0.1, 0.15) is 5.82 Å². The molecule has 1 amide bonds. The van der Waals surface area contributed by atoms with Gasteiger partial charge in [0.2, 0.25) is 6.79 Å². The van der Waals surface area contributed by atoms with Crippen LogP contribution in [0, 0.1) is 5.82 Å². The number of amides is 1. The molecule has 0 saturated carbocycles. The van der Waals surface area contributed by atoms with Crippen molar-refractivity contribution in [3.05, 3.63) is 59.4 Å². The van der Waals surface area contributed by atoms with E-state index in [0.717, 1.165) is 11.1 Å². The van der Waals surface area contributed by atoms with Gasteiger partial charge in [-0.2, -0.15) is 0 Å². The molecule has 1 N–H and O–H groups in total. The minimum atomic E-state index is -0.924. The summed E-state index contributed by atoms with van der Waals surface area (Å²) in [5.41, 5.74) is 1.68. The molecule has 0 aliphatic carbocycles. The van der Waals surface area contributed by atoms with Gasteiger partial charge in [0.05, 0.1) is 6.04 Å². The molecular formula is C21H22FNO5. The fourth-order valence-corrected chi connectivity index (χ4v) is 2.82. The maximum Gasteiger partial charge on any atom is 0.306 e. The van der Waals surface area contributed by atoms with Crippen LogP contribution in [-0.2, 0) is 20.7 Å². The SMILES string of the molecule is CC(OC(=O)CCc1ccc2c(c1)OCO2)C(=O)NC(C)c1ccc(F)cc1. The molecular weight excluding hydrogens is 365 g/mol. The highest BCUT2D eigenvalue weighted by molar-refractivity contribution is 5.83. The molecule has 2 aromatic rings. The minimum absolute atomic E-state index is 0.144. The Kier molecular flexibility index (Phi) is 6.13. The zero-order valence-corrected chi connectivity index (χ0v) is 15.7. The van der Waals surface area contributed by atoms with Crippen LogP contribution in [0.4, 0.5) is 4.39 Å². The number of carbonyl (C=O) groups excluding carboxylic acids is 2. The van der Waals surface area contributed by atoms with Crippen LogP contribution in [0.15, 0.2) is 42.5 Å². The number of fused-ring (bicyclic) bond motifs is 1. The van der Waals surface area contributed by atoms with Crippen molar-refractivity contribution in [1.82, 2.24) is 5.32 Å². The molecule has 1 aliphatic heterocycles. The summed E-state index contributed by atoms with van der Waals surface area (Å²) in [6.45, 7) is 3.49. The predicted molar refractivity (Wildman–Crippen MR) is 99.4 cm³/mol. The van der Waals surface area contributed by atoms with Crippen molar-refractivity contribution in [1.29, 1.82) is 0 Å². The lowest BCUT2D eigenvalue weighted by Gasteiger charge is -2.18. The third-order valence-corrected chi connectivity index (χ3v) is 4.46. The van der Waals surface area contributed by atoms with Gasteiger partial charge in [0.25, 0.3) is 5.91 Å². The minimum Gasteiger partial charge on any atom is -0.454 e. The topological polar surface area (TPSA) is 73.9 Å². The highest BCUT2D eigenvalue weighted by atomic mass is 19.1. The van der Waals surface area contributed by atoms with Gasteiger partial charge in [-0.15, -0.1) is 0 Å². The van der Waals surface area contributed by atoms with Gasteiger partial charge >= 0.3 is 5.97 Å². The van der Waals surface area contributed by atoms with Crippen LogP contribution in [0.5, 0.6) is 11.5 Å². The third-order valence-electron chi connectivity index (χ3n) is 4.46. The number of halogens is 1. The van der Waals surface area contributed by atoms with E-state index in [1.807, 2.05) is 12.1 Å². The van der Waals surface area contributed by atoms with E-state index in [1.54, 1.807) is 25.1 Å². The number of rotatable bonds is 7. The highest BCUT2D eigenvalue weighted by Crippen LogP contribution is 2.32. The first-order valence-electron chi connectivity index (χ1n) is 9.06. The zero-order valence-electron chi connectivity index (χ0n) is 15.7. The van der Waals surface area contributed by atoms with Crippen LogP contribution in [0.25, 0.3) is 0 Å². The zero-order chi connectivity index (χ0) is 20.1. The van der Waals surface area contributed by atoms with Crippen molar-refractivity contribution >= 4 is 11.9 Å². The quantitative estimate of drug-likeness (QED) is 0.738. The summed E-state index contributed by atoms with van der Waals surface area (Å²) in [5.74, 6) is 0.135. The molecule has 3 rings (SSSR count). The van der Waals surface area contributed by atoms with Crippen molar-refractivity contribution in [3.8, 4) is 11.5 Å². The van der Waals surface area contributed by atoms with E-state index in [0.29, 0.717) is 17.9 Å². The van der Waals surface area contributed by atoms with Gasteiger partial charge in [0, 0.05) is 6.42 Å². The second kappa shape index (κ2) is 8.73. The van der Waals surface area contributed by atoms with Crippen molar-refractivity contribution in [3.63, 3.8) is 0 Å². The molecule has 7 heteroatoms. The lowest BCUT2D eigenvalue weighted by molar-refractivity contribution is -0.155. The van der Waals surface area contributed by atoms with Crippen LogP contribution in [0.3, 0.4) is 0 Å². The highest BCUT2D eigenvalue weighted by Gasteiger charge is 2.20. The lowest BCUT2D eigenvalue weighted by Crippen LogP contribution is -2.37. The average molecular weight is 387 g/mol. The van der Waals surface area contributed by atoms with Crippen molar-refractivity contribution in [2.45, 2.75) is 38.8 Å². The summed E-state index contributed by atoms with van der Waals surface area (Å²) >= 11 is 0. The van der Waals surface area contributed by atoms with Crippen molar-refractivity contribution < 1.29 is 28.2 Å². The Bertz CT molecular complexity index is 852. The number of aryl methyl sites for hydroxylation is 1. The second-order valence-corrected chi connectivity index (χ2v) is 6.60. The predicted octanol–water partition coefficient (Wildman–Crippen LogP) is 3.30. The van der Waals surface area contributed by atoms with E-state index in [9.17, 15) is 14.0 Å². The Morgan fingerprint density at radius 2 is 1.82 bits per heavy atom. The van der Waals surface area contributed by atoms with E-state index in [4.69, 9.17) is 14.2 Å². The first kappa shape index (κ1) is 19.7. The Morgan fingerprint density at radius 3 is 2.57 bits per heavy atom. The maximum atomic E-state index is 13.0. The van der Waals surface area contributed by atoms with Gasteiger partial charge in [-0.25, -0.2) is 4.39 Å². The first-order valence-corrected chi connectivity index (χ1v) is 9.06. The van der Waals surface area contributed by atoms with Gasteiger partial charge in [0.15, 0.2) is 17.6 Å². The summed E-state index contributed by atoms with van der Waals surface area (Å²) in [6, 6.07) is 11.0. The number of hydrogen-bond acceptors (Lipinski definition) is 5. The molecule has 0 bridgehead atoms. The van der Waals surface area contributed by atoms with Crippen molar-refractivity contribution in [2.75, 3.05) is 6.79 Å². The number of benzene rings is 2. The first-order chi connectivity index (χ1) is 13.4. The van der Waals surface area contributed by atoms with Crippen LogP contribution in [-0.4, -0.2) is 24.8 Å². The van der Waals surface area contributed by atoms with E-state index >= 15 is 0 Å². The number of esters is 1. The molecule has 0 fully saturated rings. The molecule has 28 heavy (non-hydrogen) atoms. The Hall–Kier alpha value is -3.09. The van der Waals surface area contributed by atoms with Crippen LogP contribution in [0.1, 0.15) is 37.4 Å². The lowest BCUT2D eigenvalue weighted by atomic mass is 10.1. The fourth-order valence-electron chi connectivity index (χ4n) is 2.82. The number of hydrogen-bond donors (Lipinski definition) is 1. The molecule has 0 radical (unpaired) electrons. The van der Waals surface area contributed by atoms with E-state index < -0.39 is 18.0 Å². The Balaban J connectivity index is 1.45. The fraction of sp³-hybridized carbons (Fsp3) is 0.333. The number of nitrogens with one attached hydrogen (secondary N) is 1. The molecule has 2 aromatic carbocycles. The Morgan fingerprint density at radius 1 is 1.11 bits per heavy atom. The molecule has 1 aliphatic rings. The molecule has 2 unspecified atom stereocenters. The number of ether oxygens (including phenoxy) is 3. The molecule has 2 atom stereocenters. The molecule has 148 valence electrons. The summed E-state index contributed by atoms with van der Waals surface area (Å²) in [5, 5.41) is 2.75. The van der Waals surface area contributed by atoms with Gasteiger partial charge < -0.3 is 19.5 Å². The van der Waals surface area contributed by atoms with Gasteiger partial charge in [-0.3, -0.25) is 9.59 Å². The average Bonchev–Trinajstić information content (AvgIpc) is 3.14. The van der Waals surface area contributed by atoms with Crippen LogP contribution < -0.4 is 14.8 Å². The van der Waals surface area contributed by atoms with Crippen LogP contribution >= 0.6 is 0 Å². The van der Waals surface area contributed by atoms with E-state index in [1.165, 1.54) is 19.1 Å². The molecule has 0 aromatic heterocycles. The smallest absolute Gasteiger partial charge is 0.306 e. The summed E-state index contributed by atoms with van der Waals surface area (Å²) < 4.78 is 28.8. The standard InChI is InChI=1S/C21H22FNO5/c1-13(16-5-7-17(22)8-6-16)23-21(25)14(2)28-20(24)10-4-15-3-9-18-19(11-15)27-12-26-18/h3,5-9,11,13-14H,4,10,12H2,1-2H3,(H,23,25).